The fourth-order valence-corrected chi connectivity index (χ4v) is 5.07. The predicted octanol–water partition coefficient (Wildman–Crippen LogP) is 1.09. The highest BCUT2D eigenvalue weighted by Gasteiger charge is 2.21. The minimum absolute atomic E-state index is 0.169. The lowest BCUT2D eigenvalue weighted by atomic mass is 10.1. The molecule has 2 aromatic carbocycles. The Kier molecular flexibility index (Phi) is 6.96. The highest BCUT2D eigenvalue weighted by Crippen LogP contribution is 2.19. The predicted molar refractivity (Wildman–Crippen MR) is 127 cm³/mol. The van der Waals surface area contributed by atoms with Crippen molar-refractivity contribution in [3.8, 4) is 11.4 Å². The van der Waals surface area contributed by atoms with Gasteiger partial charge in [-0.25, -0.2) is 18.9 Å². The van der Waals surface area contributed by atoms with Gasteiger partial charge in [0.05, 0.1) is 35.2 Å². The first kappa shape index (κ1) is 23.9. The van der Waals surface area contributed by atoms with E-state index in [1.165, 1.54) is 18.0 Å². The maximum atomic E-state index is 13.3. The zero-order chi connectivity index (χ0) is 24.3. The van der Waals surface area contributed by atoms with Crippen LogP contribution in [0.3, 0.4) is 0 Å². The Morgan fingerprint density at radius 3 is 2.65 bits per heavy atom. The molecule has 180 valence electrons. The molecule has 1 amide bonds. The first-order valence-corrected chi connectivity index (χ1v) is 12.6. The number of benzene rings is 2. The molecule has 0 aliphatic carbocycles. The number of aromatic nitrogens is 2. The lowest BCUT2D eigenvalue weighted by molar-refractivity contribution is 0.0537. The molecular formula is C23H26N4O6S. The summed E-state index contributed by atoms with van der Waals surface area (Å²) in [4.78, 5) is 36.6. The monoisotopic (exact) mass is 486 g/mol. The lowest BCUT2D eigenvalue weighted by Crippen LogP contribution is -2.42. The van der Waals surface area contributed by atoms with Gasteiger partial charge < -0.3 is 4.74 Å². The maximum Gasteiger partial charge on any atom is 0.274 e. The molecule has 1 aliphatic rings. The zero-order valence-electron chi connectivity index (χ0n) is 19.0. The molecule has 0 bridgehead atoms. The van der Waals surface area contributed by atoms with E-state index in [0.29, 0.717) is 54.1 Å². The maximum absolute atomic E-state index is 13.3. The Morgan fingerprint density at radius 1 is 1.15 bits per heavy atom. The summed E-state index contributed by atoms with van der Waals surface area (Å²) in [6.07, 6.45) is 1.44. The summed E-state index contributed by atoms with van der Waals surface area (Å²) in [6, 6.07) is 10.1. The van der Waals surface area contributed by atoms with Crippen molar-refractivity contribution in [1.82, 2.24) is 19.9 Å². The number of carbonyl (C=O) groups is 1. The van der Waals surface area contributed by atoms with E-state index in [-0.39, 0.29) is 17.1 Å². The van der Waals surface area contributed by atoms with Gasteiger partial charge in [0.15, 0.2) is 9.84 Å². The summed E-state index contributed by atoms with van der Waals surface area (Å²) in [6.45, 7) is 3.81. The molecule has 0 saturated carbocycles. The largest absolute Gasteiger partial charge is 0.492 e. The van der Waals surface area contributed by atoms with Crippen molar-refractivity contribution < 1.29 is 22.8 Å². The zero-order valence-corrected chi connectivity index (χ0v) is 19.8. The Bertz CT molecular complexity index is 1370. The van der Waals surface area contributed by atoms with Crippen LogP contribution < -0.4 is 15.8 Å². The van der Waals surface area contributed by atoms with Crippen molar-refractivity contribution in [3.05, 3.63) is 64.2 Å². The van der Waals surface area contributed by atoms with Crippen LogP contribution in [0.4, 0.5) is 0 Å². The van der Waals surface area contributed by atoms with Crippen LogP contribution in [0, 0.1) is 6.92 Å². The topological polar surface area (TPSA) is 120 Å². The molecule has 1 N–H and O–H groups in total. The fourth-order valence-electron chi connectivity index (χ4n) is 3.79. The second-order valence-corrected chi connectivity index (χ2v) is 10.4. The molecule has 3 aromatic rings. The molecule has 0 unspecified atom stereocenters. The molecule has 1 saturated heterocycles. The van der Waals surface area contributed by atoms with E-state index >= 15 is 0 Å². The summed E-state index contributed by atoms with van der Waals surface area (Å²) in [5.74, 6) is 0.440. The third kappa shape index (κ3) is 5.27. The number of ether oxygens (including phenoxy) is 1. The summed E-state index contributed by atoms with van der Waals surface area (Å²) in [5, 5.41) is 0.384. The van der Waals surface area contributed by atoms with E-state index in [2.05, 4.69) is 15.3 Å². The third-order valence-electron chi connectivity index (χ3n) is 5.77. The quantitative estimate of drug-likeness (QED) is 0.493. The smallest absolute Gasteiger partial charge is 0.274 e. The number of amides is 1. The molecule has 0 atom stereocenters. The standard InChI is InChI=1S/C23H26N4O6S/c1-16-3-4-17(22(28)25-32-2)13-21(16)27-15-24-20-6-5-18(14-19(20)23(27)29)33-10-7-26-8-11-34(30,31)12-9-26/h3-6,13-15H,7-12H2,1-2H3,(H,25,28). The summed E-state index contributed by atoms with van der Waals surface area (Å²) in [5.41, 5.74) is 4.19. The van der Waals surface area contributed by atoms with Gasteiger partial charge in [0, 0.05) is 25.2 Å². The first-order chi connectivity index (χ1) is 16.3. The van der Waals surface area contributed by atoms with Crippen LogP contribution in [0.1, 0.15) is 15.9 Å². The average molecular weight is 487 g/mol. The number of aryl methyl sites for hydroxylation is 1. The molecule has 4 rings (SSSR count). The number of nitrogens with zero attached hydrogens (tertiary/aromatic N) is 3. The van der Waals surface area contributed by atoms with Gasteiger partial charge >= 0.3 is 0 Å². The van der Waals surface area contributed by atoms with Crippen LogP contribution in [0.5, 0.6) is 5.75 Å². The lowest BCUT2D eigenvalue weighted by Gasteiger charge is -2.26. The Morgan fingerprint density at radius 2 is 1.91 bits per heavy atom. The van der Waals surface area contributed by atoms with E-state index in [9.17, 15) is 18.0 Å². The van der Waals surface area contributed by atoms with Crippen molar-refractivity contribution >= 4 is 26.6 Å². The van der Waals surface area contributed by atoms with Crippen LogP contribution in [-0.2, 0) is 14.7 Å². The van der Waals surface area contributed by atoms with Gasteiger partial charge in [-0.2, -0.15) is 0 Å². The number of hydrogen-bond donors (Lipinski definition) is 1. The number of sulfone groups is 1. The molecule has 0 spiro atoms. The van der Waals surface area contributed by atoms with E-state index in [4.69, 9.17) is 4.74 Å². The van der Waals surface area contributed by atoms with Gasteiger partial charge in [-0.15, -0.1) is 0 Å². The second-order valence-electron chi connectivity index (χ2n) is 8.08. The molecule has 10 nitrogen and oxygen atoms in total. The van der Waals surface area contributed by atoms with Gasteiger partial charge in [0.2, 0.25) is 0 Å². The second kappa shape index (κ2) is 9.92. The molecule has 1 aromatic heterocycles. The van der Waals surface area contributed by atoms with Crippen LogP contribution in [0.2, 0.25) is 0 Å². The Hall–Kier alpha value is -3.28. The highest BCUT2D eigenvalue weighted by atomic mass is 32.2. The molecule has 34 heavy (non-hydrogen) atoms. The molecular weight excluding hydrogens is 460 g/mol. The number of fused-ring (bicyclic) bond motifs is 1. The number of hydroxylamine groups is 1. The summed E-state index contributed by atoms with van der Waals surface area (Å²) < 4.78 is 30.4. The van der Waals surface area contributed by atoms with Gasteiger partial charge in [0.1, 0.15) is 18.7 Å². The fraction of sp³-hybridized carbons (Fsp3) is 0.348. The summed E-state index contributed by atoms with van der Waals surface area (Å²) >= 11 is 0. The molecule has 2 heterocycles. The van der Waals surface area contributed by atoms with Crippen molar-refractivity contribution in [3.63, 3.8) is 0 Å². The van der Waals surface area contributed by atoms with Crippen LogP contribution in [0.25, 0.3) is 16.6 Å². The number of hydrogen-bond acceptors (Lipinski definition) is 8. The SMILES string of the molecule is CONC(=O)c1ccc(C)c(-n2cnc3ccc(OCCN4CCS(=O)(=O)CC4)cc3c2=O)c1. The summed E-state index contributed by atoms with van der Waals surface area (Å²) in [7, 11) is -1.57. The number of nitrogens with one attached hydrogen (secondary N) is 1. The van der Waals surface area contributed by atoms with Crippen LogP contribution >= 0.6 is 0 Å². The number of carbonyl (C=O) groups excluding carboxylic acids is 1. The molecule has 0 radical (unpaired) electrons. The van der Waals surface area contributed by atoms with Gasteiger partial charge in [-0.3, -0.25) is 23.9 Å². The minimum Gasteiger partial charge on any atom is -0.492 e. The van der Waals surface area contributed by atoms with Crippen molar-refractivity contribution in [2.45, 2.75) is 6.92 Å². The van der Waals surface area contributed by atoms with Crippen LogP contribution in [-0.4, -0.2) is 73.6 Å². The first-order valence-electron chi connectivity index (χ1n) is 10.8. The molecule has 11 heteroatoms. The highest BCUT2D eigenvalue weighted by molar-refractivity contribution is 7.91. The average Bonchev–Trinajstić information content (AvgIpc) is 2.81. The Labute approximate surface area is 197 Å². The van der Waals surface area contributed by atoms with Crippen molar-refractivity contribution in [1.29, 1.82) is 0 Å². The minimum atomic E-state index is -2.92. The third-order valence-corrected chi connectivity index (χ3v) is 7.38. The Balaban J connectivity index is 1.55. The van der Waals surface area contributed by atoms with Crippen molar-refractivity contribution in [2.24, 2.45) is 0 Å². The molecule has 1 aliphatic heterocycles. The van der Waals surface area contributed by atoms with E-state index < -0.39 is 15.7 Å². The molecule has 1 fully saturated rings. The van der Waals surface area contributed by atoms with Gasteiger partial charge in [0.25, 0.3) is 11.5 Å². The van der Waals surface area contributed by atoms with Crippen molar-refractivity contribution in [2.75, 3.05) is 44.9 Å². The van der Waals surface area contributed by atoms with E-state index in [1.807, 2.05) is 11.8 Å². The van der Waals surface area contributed by atoms with Crippen LogP contribution in [0.15, 0.2) is 47.5 Å². The normalized spacial score (nSPS) is 15.8. The van der Waals surface area contributed by atoms with Gasteiger partial charge in [-0.05, 0) is 42.8 Å². The van der Waals surface area contributed by atoms with Gasteiger partial charge in [-0.1, -0.05) is 6.07 Å². The van der Waals surface area contributed by atoms with E-state index in [1.54, 1.807) is 36.4 Å². The van der Waals surface area contributed by atoms with E-state index in [0.717, 1.165) is 5.56 Å². The number of rotatable bonds is 7.